The largest absolute Gasteiger partial charge is 0.497 e. The van der Waals surface area contributed by atoms with Crippen LogP contribution in [0.15, 0.2) is 48.5 Å². The third-order valence-corrected chi connectivity index (χ3v) is 5.11. The molecule has 1 atom stereocenters. The van der Waals surface area contributed by atoms with Gasteiger partial charge in [0.1, 0.15) is 5.75 Å². The predicted molar refractivity (Wildman–Crippen MR) is 107 cm³/mol. The van der Waals surface area contributed by atoms with Gasteiger partial charge in [-0.05, 0) is 67.9 Å². The van der Waals surface area contributed by atoms with E-state index in [4.69, 9.17) is 4.74 Å². The van der Waals surface area contributed by atoms with E-state index in [0.29, 0.717) is 17.7 Å². The molecule has 0 aliphatic carbocycles. The minimum absolute atomic E-state index is 0.117. The van der Waals surface area contributed by atoms with Gasteiger partial charge in [-0.15, -0.1) is 0 Å². The maximum atomic E-state index is 12.6. The van der Waals surface area contributed by atoms with E-state index in [1.54, 1.807) is 31.4 Å². The van der Waals surface area contributed by atoms with Crippen molar-refractivity contribution in [1.29, 1.82) is 0 Å². The Kier molecular flexibility index (Phi) is 6.66. The number of hydrogen-bond acceptors (Lipinski definition) is 5. The molecule has 0 aromatic heterocycles. The van der Waals surface area contributed by atoms with Crippen LogP contribution in [0, 0.1) is 0 Å². The summed E-state index contributed by atoms with van der Waals surface area (Å²) in [5, 5.41) is 3.04. The Balaban J connectivity index is 1.68. The molecule has 2 aromatic rings. The molecule has 1 aliphatic heterocycles. The van der Waals surface area contributed by atoms with Crippen LogP contribution >= 0.6 is 0 Å². The van der Waals surface area contributed by atoms with Gasteiger partial charge in [0.15, 0.2) is 0 Å². The molecule has 28 heavy (non-hydrogen) atoms. The molecule has 3 rings (SSSR count). The topological polar surface area (TPSA) is 67.9 Å². The van der Waals surface area contributed by atoms with Crippen molar-refractivity contribution in [3.63, 3.8) is 0 Å². The average Bonchev–Trinajstić information content (AvgIpc) is 3.28. The molecule has 1 amide bonds. The van der Waals surface area contributed by atoms with Gasteiger partial charge in [0.2, 0.25) is 0 Å². The molecule has 0 saturated carbocycles. The molecule has 1 saturated heterocycles. The van der Waals surface area contributed by atoms with Crippen molar-refractivity contribution < 1.29 is 19.1 Å². The van der Waals surface area contributed by atoms with Gasteiger partial charge in [-0.2, -0.15) is 0 Å². The smallest absolute Gasteiger partial charge is 0.337 e. The Morgan fingerprint density at radius 3 is 2.14 bits per heavy atom. The second kappa shape index (κ2) is 9.37. The number of carbonyl (C=O) groups excluding carboxylic acids is 2. The fourth-order valence-corrected chi connectivity index (χ4v) is 3.50. The van der Waals surface area contributed by atoms with Crippen molar-refractivity contribution in [2.45, 2.75) is 18.9 Å². The van der Waals surface area contributed by atoms with Crippen molar-refractivity contribution in [3.8, 4) is 5.75 Å². The number of esters is 1. The highest BCUT2D eigenvalue weighted by atomic mass is 16.5. The van der Waals surface area contributed by atoms with E-state index in [1.165, 1.54) is 20.0 Å². The molecule has 2 aromatic carbocycles. The number of ether oxygens (including phenoxy) is 2. The maximum Gasteiger partial charge on any atom is 0.337 e. The summed E-state index contributed by atoms with van der Waals surface area (Å²) < 4.78 is 9.93. The monoisotopic (exact) mass is 382 g/mol. The van der Waals surface area contributed by atoms with E-state index in [9.17, 15) is 9.59 Å². The predicted octanol–water partition coefficient (Wildman–Crippen LogP) is 3.05. The van der Waals surface area contributed by atoms with Crippen molar-refractivity contribution >= 4 is 11.9 Å². The highest BCUT2D eigenvalue weighted by Gasteiger charge is 2.24. The zero-order chi connectivity index (χ0) is 19.9. The molecule has 1 aliphatic rings. The van der Waals surface area contributed by atoms with Crippen LogP contribution in [0.4, 0.5) is 0 Å². The van der Waals surface area contributed by atoms with Crippen LogP contribution < -0.4 is 10.1 Å². The van der Waals surface area contributed by atoms with E-state index in [2.05, 4.69) is 27.1 Å². The standard InChI is InChI=1S/C22H26N2O4/c1-27-19-11-9-16(10-12-19)20(24-13-3-4-14-24)15-23-21(25)17-5-7-18(8-6-17)22(26)28-2/h5-12,20H,3-4,13-15H2,1-2H3,(H,23,25). The molecule has 1 unspecified atom stereocenters. The lowest BCUT2D eigenvalue weighted by Gasteiger charge is -2.28. The zero-order valence-corrected chi connectivity index (χ0v) is 16.3. The summed E-state index contributed by atoms with van der Waals surface area (Å²) in [4.78, 5) is 26.5. The number of likely N-dealkylation sites (tertiary alicyclic amines) is 1. The summed E-state index contributed by atoms with van der Waals surface area (Å²) in [6.07, 6.45) is 2.35. The van der Waals surface area contributed by atoms with Gasteiger partial charge in [0.25, 0.3) is 5.91 Å². The van der Waals surface area contributed by atoms with Gasteiger partial charge in [0.05, 0.1) is 25.8 Å². The maximum absolute atomic E-state index is 12.6. The summed E-state index contributed by atoms with van der Waals surface area (Å²) in [7, 11) is 2.99. The lowest BCUT2D eigenvalue weighted by molar-refractivity contribution is 0.0600. The Hall–Kier alpha value is -2.86. The van der Waals surface area contributed by atoms with E-state index >= 15 is 0 Å². The Morgan fingerprint density at radius 2 is 1.57 bits per heavy atom. The first-order chi connectivity index (χ1) is 13.6. The van der Waals surface area contributed by atoms with Gasteiger partial charge in [-0.3, -0.25) is 9.69 Å². The number of nitrogens with one attached hydrogen (secondary N) is 1. The average molecular weight is 382 g/mol. The molecule has 0 radical (unpaired) electrons. The number of rotatable bonds is 7. The van der Waals surface area contributed by atoms with Crippen LogP contribution in [0.25, 0.3) is 0 Å². The summed E-state index contributed by atoms with van der Waals surface area (Å²) in [6, 6.07) is 14.6. The van der Waals surface area contributed by atoms with Crippen LogP contribution in [0.2, 0.25) is 0 Å². The molecule has 0 bridgehead atoms. The van der Waals surface area contributed by atoms with E-state index in [1.807, 2.05) is 12.1 Å². The molecule has 0 spiro atoms. The third-order valence-electron chi connectivity index (χ3n) is 5.11. The van der Waals surface area contributed by atoms with Gasteiger partial charge in [-0.25, -0.2) is 4.79 Å². The summed E-state index contributed by atoms with van der Waals surface area (Å²) in [5.41, 5.74) is 2.10. The van der Waals surface area contributed by atoms with Crippen LogP contribution in [-0.4, -0.2) is 50.6 Å². The quantitative estimate of drug-likeness (QED) is 0.746. The molecule has 1 N–H and O–H groups in total. The molecular formula is C22H26N2O4. The molecule has 1 heterocycles. The first kappa shape index (κ1) is 19.9. The fraction of sp³-hybridized carbons (Fsp3) is 0.364. The van der Waals surface area contributed by atoms with Crippen LogP contribution in [0.3, 0.4) is 0 Å². The summed E-state index contributed by atoms with van der Waals surface area (Å²) >= 11 is 0. The number of carbonyl (C=O) groups is 2. The molecule has 148 valence electrons. The Labute approximate surface area is 165 Å². The van der Waals surface area contributed by atoms with Crippen molar-refractivity contribution in [2.75, 3.05) is 33.9 Å². The minimum atomic E-state index is -0.416. The van der Waals surface area contributed by atoms with Crippen LogP contribution in [0.1, 0.15) is 45.2 Å². The van der Waals surface area contributed by atoms with Gasteiger partial charge in [-0.1, -0.05) is 12.1 Å². The summed E-state index contributed by atoms with van der Waals surface area (Å²) in [6.45, 7) is 2.57. The zero-order valence-electron chi connectivity index (χ0n) is 16.3. The molecule has 6 heteroatoms. The number of benzene rings is 2. The van der Waals surface area contributed by atoms with Crippen molar-refractivity contribution in [3.05, 3.63) is 65.2 Å². The first-order valence-electron chi connectivity index (χ1n) is 9.47. The molecule has 1 fully saturated rings. The number of methoxy groups -OCH3 is 2. The fourth-order valence-electron chi connectivity index (χ4n) is 3.50. The van der Waals surface area contributed by atoms with Crippen LogP contribution in [0.5, 0.6) is 5.75 Å². The van der Waals surface area contributed by atoms with E-state index in [0.717, 1.165) is 24.4 Å². The number of amides is 1. The Morgan fingerprint density at radius 1 is 0.964 bits per heavy atom. The third kappa shape index (κ3) is 4.70. The highest BCUT2D eigenvalue weighted by Crippen LogP contribution is 2.26. The minimum Gasteiger partial charge on any atom is -0.497 e. The first-order valence-corrected chi connectivity index (χ1v) is 9.47. The van der Waals surface area contributed by atoms with Crippen LogP contribution in [-0.2, 0) is 4.74 Å². The second-order valence-corrected chi connectivity index (χ2v) is 6.81. The van der Waals surface area contributed by atoms with Crippen molar-refractivity contribution in [1.82, 2.24) is 10.2 Å². The molecular weight excluding hydrogens is 356 g/mol. The highest BCUT2D eigenvalue weighted by molar-refractivity contribution is 5.96. The Bertz CT molecular complexity index is 796. The van der Waals surface area contributed by atoms with E-state index in [-0.39, 0.29) is 11.9 Å². The van der Waals surface area contributed by atoms with Gasteiger partial charge < -0.3 is 14.8 Å². The van der Waals surface area contributed by atoms with Gasteiger partial charge in [0, 0.05) is 12.1 Å². The lowest BCUT2D eigenvalue weighted by atomic mass is 10.0. The number of nitrogens with zero attached hydrogens (tertiary/aromatic N) is 1. The van der Waals surface area contributed by atoms with Crippen molar-refractivity contribution in [2.24, 2.45) is 0 Å². The number of hydrogen-bond donors (Lipinski definition) is 1. The van der Waals surface area contributed by atoms with Gasteiger partial charge >= 0.3 is 5.97 Å². The second-order valence-electron chi connectivity index (χ2n) is 6.81. The SMILES string of the molecule is COC(=O)c1ccc(C(=O)NCC(c2ccc(OC)cc2)N2CCCC2)cc1. The molecule has 6 nitrogen and oxygen atoms in total. The summed E-state index contributed by atoms with van der Waals surface area (Å²) in [5.74, 6) is 0.244. The van der Waals surface area contributed by atoms with E-state index < -0.39 is 5.97 Å². The normalized spacial score (nSPS) is 15.1. The lowest BCUT2D eigenvalue weighted by Crippen LogP contribution is -2.36.